The molecule has 2 aromatic rings. The minimum Gasteiger partial charge on any atom is -0.368 e. The molecular formula is C17H23N3. The molecule has 2 heterocycles. The molecule has 106 valence electrons. The Morgan fingerprint density at radius 1 is 1.25 bits per heavy atom. The van der Waals surface area contributed by atoms with Crippen LogP contribution in [0.1, 0.15) is 20.3 Å². The van der Waals surface area contributed by atoms with Crippen LogP contribution in [0.3, 0.4) is 0 Å². The van der Waals surface area contributed by atoms with E-state index in [0.717, 1.165) is 12.1 Å². The number of hydrogen-bond acceptors (Lipinski definition) is 3. The molecule has 1 aromatic heterocycles. The van der Waals surface area contributed by atoms with Gasteiger partial charge in [0.2, 0.25) is 0 Å². The molecule has 3 unspecified atom stereocenters. The van der Waals surface area contributed by atoms with E-state index in [1.165, 1.54) is 17.5 Å². The number of hydrogen-bond donors (Lipinski definition) is 1. The van der Waals surface area contributed by atoms with Crippen molar-refractivity contribution in [3.8, 4) is 0 Å². The Hall–Kier alpha value is -1.61. The third-order valence-electron chi connectivity index (χ3n) is 4.86. The lowest BCUT2D eigenvalue weighted by Crippen LogP contribution is -2.52. The van der Waals surface area contributed by atoms with Gasteiger partial charge in [-0.3, -0.25) is 4.98 Å². The van der Waals surface area contributed by atoms with Gasteiger partial charge in [0.15, 0.2) is 0 Å². The Bertz CT molecular complexity index is 596. The Morgan fingerprint density at radius 2 is 2.10 bits per heavy atom. The van der Waals surface area contributed by atoms with Crippen molar-refractivity contribution in [3.05, 3.63) is 36.5 Å². The minimum absolute atomic E-state index is 0.551. The maximum Gasteiger partial charge on any atom is 0.0703 e. The van der Waals surface area contributed by atoms with Crippen molar-refractivity contribution in [2.45, 2.75) is 32.4 Å². The number of anilines is 1. The van der Waals surface area contributed by atoms with Crippen molar-refractivity contribution in [1.29, 1.82) is 0 Å². The summed E-state index contributed by atoms with van der Waals surface area (Å²) in [6, 6.07) is 11.9. The zero-order chi connectivity index (χ0) is 14.1. The Morgan fingerprint density at radius 3 is 2.90 bits per heavy atom. The fraction of sp³-hybridized carbons (Fsp3) is 0.471. The highest BCUT2D eigenvalue weighted by Gasteiger charge is 2.31. The standard InChI is InChI=1S/C17H23N3/c1-12-13(2)20(10-8-16(12)18-3)15-6-7-17-14(11-15)5-4-9-19-17/h4-7,9,11-13,16,18H,8,10H2,1-3H3. The van der Waals surface area contributed by atoms with E-state index in [-0.39, 0.29) is 0 Å². The van der Waals surface area contributed by atoms with Crippen LogP contribution in [0.2, 0.25) is 0 Å². The third kappa shape index (κ3) is 2.27. The largest absolute Gasteiger partial charge is 0.368 e. The molecule has 3 heteroatoms. The van der Waals surface area contributed by atoms with Gasteiger partial charge < -0.3 is 10.2 Å². The smallest absolute Gasteiger partial charge is 0.0703 e. The molecule has 3 atom stereocenters. The Balaban J connectivity index is 1.91. The molecule has 3 rings (SSSR count). The number of rotatable bonds is 2. The molecule has 1 saturated heterocycles. The minimum atomic E-state index is 0.551. The molecule has 3 nitrogen and oxygen atoms in total. The van der Waals surface area contributed by atoms with Crippen LogP contribution < -0.4 is 10.2 Å². The van der Waals surface area contributed by atoms with Crippen LogP contribution >= 0.6 is 0 Å². The molecule has 1 N–H and O–H groups in total. The maximum atomic E-state index is 4.40. The Labute approximate surface area is 121 Å². The van der Waals surface area contributed by atoms with Crippen molar-refractivity contribution in [2.24, 2.45) is 5.92 Å². The topological polar surface area (TPSA) is 28.2 Å². The van der Waals surface area contributed by atoms with E-state index in [2.05, 4.69) is 60.4 Å². The second-order valence-corrected chi connectivity index (χ2v) is 5.86. The molecule has 1 aromatic carbocycles. The number of nitrogens with zero attached hydrogens (tertiary/aromatic N) is 2. The van der Waals surface area contributed by atoms with Gasteiger partial charge in [0.1, 0.15) is 0 Å². The second-order valence-electron chi connectivity index (χ2n) is 5.86. The number of aromatic nitrogens is 1. The van der Waals surface area contributed by atoms with Crippen molar-refractivity contribution >= 4 is 16.6 Å². The Kier molecular flexibility index (Phi) is 3.62. The fourth-order valence-electron chi connectivity index (χ4n) is 3.38. The average molecular weight is 269 g/mol. The monoisotopic (exact) mass is 269 g/mol. The van der Waals surface area contributed by atoms with Gasteiger partial charge in [0.25, 0.3) is 0 Å². The molecule has 0 spiro atoms. The molecule has 1 fully saturated rings. The number of piperidine rings is 1. The summed E-state index contributed by atoms with van der Waals surface area (Å²) >= 11 is 0. The first kappa shape index (κ1) is 13.4. The van der Waals surface area contributed by atoms with Gasteiger partial charge in [0.05, 0.1) is 5.52 Å². The highest BCUT2D eigenvalue weighted by molar-refractivity contribution is 5.82. The van der Waals surface area contributed by atoms with Crippen LogP contribution in [0.15, 0.2) is 36.5 Å². The number of pyridine rings is 1. The van der Waals surface area contributed by atoms with Crippen LogP contribution in [0.5, 0.6) is 0 Å². The van der Waals surface area contributed by atoms with Crippen LogP contribution in [0.25, 0.3) is 10.9 Å². The van der Waals surface area contributed by atoms with E-state index < -0.39 is 0 Å². The summed E-state index contributed by atoms with van der Waals surface area (Å²) in [7, 11) is 2.07. The van der Waals surface area contributed by atoms with Gasteiger partial charge in [-0.15, -0.1) is 0 Å². The summed E-state index contributed by atoms with van der Waals surface area (Å²) in [4.78, 5) is 6.93. The maximum absolute atomic E-state index is 4.40. The SMILES string of the molecule is CNC1CCN(c2ccc3ncccc3c2)C(C)C1C. The molecule has 20 heavy (non-hydrogen) atoms. The lowest BCUT2D eigenvalue weighted by atomic mass is 9.86. The van der Waals surface area contributed by atoms with Gasteiger partial charge in [-0.1, -0.05) is 13.0 Å². The van der Waals surface area contributed by atoms with E-state index in [4.69, 9.17) is 0 Å². The zero-order valence-corrected chi connectivity index (χ0v) is 12.5. The number of fused-ring (bicyclic) bond motifs is 1. The zero-order valence-electron chi connectivity index (χ0n) is 12.5. The fourth-order valence-corrected chi connectivity index (χ4v) is 3.38. The summed E-state index contributed by atoms with van der Waals surface area (Å²) in [6.45, 7) is 5.80. The summed E-state index contributed by atoms with van der Waals surface area (Å²) in [6.07, 6.45) is 3.05. The van der Waals surface area contributed by atoms with Crippen molar-refractivity contribution in [1.82, 2.24) is 10.3 Å². The predicted molar refractivity (Wildman–Crippen MR) is 85.2 cm³/mol. The van der Waals surface area contributed by atoms with Crippen LogP contribution in [0, 0.1) is 5.92 Å². The van der Waals surface area contributed by atoms with E-state index >= 15 is 0 Å². The first-order valence-corrected chi connectivity index (χ1v) is 7.49. The van der Waals surface area contributed by atoms with E-state index in [0.29, 0.717) is 18.0 Å². The van der Waals surface area contributed by atoms with Gasteiger partial charge in [-0.05, 0) is 50.6 Å². The third-order valence-corrected chi connectivity index (χ3v) is 4.86. The molecule has 0 radical (unpaired) electrons. The average Bonchev–Trinajstić information content (AvgIpc) is 2.49. The normalized spacial score (nSPS) is 26.9. The highest BCUT2D eigenvalue weighted by atomic mass is 15.2. The quantitative estimate of drug-likeness (QED) is 0.908. The molecule has 0 bridgehead atoms. The molecule has 1 aliphatic rings. The first-order valence-electron chi connectivity index (χ1n) is 7.49. The number of benzene rings is 1. The van der Waals surface area contributed by atoms with Crippen molar-refractivity contribution in [2.75, 3.05) is 18.5 Å². The second kappa shape index (κ2) is 5.41. The van der Waals surface area contributed by atoms with E-state index in [1.54, 1.807) is 0 Å². The van der Waals surface area contributed by atoms with E-state index in [9.17, 15) is 0 Å². The van der Waals surface area contributed by atoms with Crippen LogP contribution in [-0.4, -0.2) is 30.7 Å². The van der Waals surface area contributed by atoms with Gasteiger partial charge in [0, 0.05) is 35.9 Å². The first-order chi connectivity index (χ1) is 9.70. The predicted octanol–water partition coefficient (Wildman–Crippen LogP) is 3.06. The van der Waals surface area contributed by atoms with Crippen LogP contribution in [0.4, 0.5) is 5.69 Å². The molecule has 0 amide bonds. The molecule has 0 aliphatic carbocycles. The van der Waals surface area contributed by atoms with Gasteiger partial charge >= 0.3 is 0 Å². The molecule has 0 saturated carbocycles. The van der Waals surface area contributed by atoms with E-state index in [1.807, 2.05) is 12.3 Å². The summed E-state index contributed by atoms with van der Waals surface area (Å²) in [5, 5.41) is 4.67. The van der Waals surface area contributed by atoms with Crippen molar-refractivity contribution < 1.29 is 0 Å². The van der Waals surface area contributed by atoms with Gasteiger partial charge in [-0.25, -0.2) is 0 Å². The summed E-state index contributed by atoms with van der Waals surface area (Å²) in [5.41, 5.74) is 2.39. The van der Waals surface area contributed by atoms with Crippen LogP contribution in [-0.2, 0) is 0 Å². The molecule has 1 aliphatic heterocycles. The lowest BCUT2D eigenvalue weighted by Gasteiger charge is -2.44. The lowest BCUT2D eigenvalue weighted by molar-refractivity contribution is 0.283. The highest BCUT2D eigenvalue weighted by Crippen LogP contribution is 2.30. The summed E-state index contributed by atoms with van der Waals surface area (Å²) in [5.74, 6) is 0.651. The number of nitrogens with one attached hydrogen (secondary N) is 1. The molecular weight excluding hydrogens is 246 g/mol. The summed E-state index contributed by atoms with van der Waals surface area (Å²) < 4.78 is 0. The van der Waals surface area contributed by atoms with Gasteiger partial charge in [-0.2, -0.15) is 0 Å². The van der Waals surface area contributed by atoms with Crippen molar-refractivity contribution in [3.63, 3.8) is 0 Å².